The molecule has 0 amide bonds. The molecule has 3 heteroatoms. The summed E-state index contributed by atoms with van der Waals surface area (Å²) in [7, 11) is 0. The molecule has 0 unspecified atom stereocenters. The summed E-state index contributed by atoms with van der Waals surface area (Å²) in [4.78, 5) is 0. The molecule has 1 heterocycles. The van der Waals surface area contributed by atoms with E-state index in [2.05, 4.69) is 5.32 Å². The molecule has 2 nitrogen and oxygen atoms in total. The van der Waals surface area contributed by atoms with Gasteiger partial charge in [0.05, 0.1) is 6.10 Å². The summed E-state index contributed by atoms with van der Waals surface area (Å²) >= 11 is 0. The normalized spacial score (nSPS) is 26.8. The smallest absolute Gasteiger partial charge is 0.103 e. The fourth-order valence-corrected chi connectivity index (χ4v) is 2.49. The Morgan fingerprint density at radius 1 is 1.47 bits per heavy atom. The number of rotatable bonds is 3. The molecule has 1 aliphatic heterocycles. The minimum atomic E-state index is -0.717. The van der Waals surface area contributed by atoms with Crippen molar-refractivity contribution in [3.8, 4) is 0 Å². The van der Waals surface area contributed by atoms with Crippen LogP contribution in [-0.4, -0.2) is 23.9 Å². The fraction of sp³-hybridized carbons (Fsp3) is 0.571. The van der Waals surface area contributed by atoms with Gasteiger partial charge in [0.25, 0.3) is 0 Å². The lowest BCUT2D eigenvalue weighted by molar-refractivity contribution is 0.127. The monoisotopic (exact) mass is 237 g/mol. The Hall–Kier alpha value is -0.930. The quantitative estimate of drug-likeness (QED) is 0.846. The number of aliphatic hydroxyl groups is 1. The maximum Gasteiger partial charge on any atom is 0.103 e. The summed E-state index contributed by atoms with van der Waals surface area (Å²) in [5, 5.41) is 13.4. The van der Waals surface area contributed by atoms with Crippen LogP contribution in [0.1, 0.15) is 36.5 Å². The molecule has 0 aromatic heterocycles. The summed E-state index contributed by atoms with van der Waals surface area (Å²) < 4.78 is 13.2. The van der Waals surface area contributed by atoms with Gasteiger partial charge in [0, 0.05) is 6.04 Å². The van der Waals surface area contributed by atoms with E-state index in [9.17, 15) is 9.50 Å². The van der Waals surface area contributed by atoms with E-state index in [0.717, 1.165) is 11.1 Å². The predicted molar refractivity (Wildman–Crippen MR) is 66.7 cm³/mol. The minimum Gasteiger partial charge on any atom is -0.388 e. The summed E-state index contributed by atoms with van der Waals surface area (Å²) in [6.45, 7) is 2.71. The second-order valence-corrected chi connectivity index (χ2v) is 4.88. The largest absolute Gasteiger partial charge is 0.388 e. The van der Waals surface area contributed by atoms with Crippen LogP contribution in [0.5, 0.6) is 0 Å². The molecule has 1 fully saturated rings. The maximum absolute atomic E-state index is 13.2. The molecule has 0 aliphatic carbocycles. The first-order valence-corrected chi connectivity index (χ1v) is 6.28. The topological polar surface area (TPSA) is 32.3 Å². The van der Waals surface area contributed by atoms with E-state index in [4.69, 9.17) is 0 Å². The zero-order valence-corrected chi connectivity index (χ0v) is 10.2. The Balaban J connectivity index is 1.97. The molecule has 2 N–H and O–H groups in total. The van der Waals surface area contributed by atoms with E-state index in [1.807, 2.05) is 31.2 Å². The van der Waals surface area contributed by atoms with Crippen LogP contribution in [0, 0.1) is 6.92 Å². The van der Waals surface area contributed by atoms with Gasteiger partial charge < -0.3 is 10.4 Å². The van der Waals surface area contributed by atoms with Gasteiger partial charge in [0.15, 0.2) is 0 Å². The highest BCUT2D eigenvalue weighted by Crippen LogP contribution is 2.25. The number of nitrogens with one attached hydrogen (secondary N) is 1. The van der Waals surface area contributed by atoms with Gasteiger partial charge in [0.1, 0.15) is 6.17 Å². The summed E-state index contributed by atoms with van der Waals surface area (Å²) in [5.74, 6) is 0. The number of halogens is 1. The molecule has 0 spiro atoms. The number of aryl methyl sites for hydroxylation is 1. The van der Waals surface area contributed by atoms with Crippen LogP contribution in [0.4, 0.5) is 4.39 Å². The van der Waals surface area contributed by atoms with Crippen LogP contribution in [0.15, 0.2) is 24.3 Å². The molecule has 0 bridgehead atoms. The molecule has 1 aromatic carbocycles. The molecule has 0 radical (unpaired) electrons. The van der Waals surface area contributed by atoms with Crippen LogP contribution in [-0.2, 0) is 0 Å². The van der Waals surface area contributed by atoms with Crippen molar-refractivity contribution in [1.82, 2.24) is 5.32 Å². The van der Waals surface area contributed by atoms with E-state index in [-0.39, 0.29) is 6.04 Å². The first kappa shape index (κ1) is 12.5. The Kier molecular flexibility index (Phi) is 4.13. The number of alkyl halides is 1. The van der Waals surface area contributed by atoms with Crippen molar-refractivity contribution in [3.63, 3.8) is 0 Å². The van der Waals surface area contributed by atoms with Crippen molar-refractivity contribution in [2.24, 2.45) is 0 Å². The highest BCUT2D eigenvalue weighted by atomic mass is 19.1. The Bertz CT molecular complexity index is 369. The first-order valence-electron chi connectivity index (χ1n) is 6.28. The average Bonchev–Trinajstić information content (AvgIpc) is 2.29. The van der Waals surface area contributed by atoms with Crippen molar-refractivity contribution < 1.29 is 9.50 Å². The van der Waals surface area contributed by atoms with E-state index in [1.54, 1.807) is 0 Å². The molecule has 3 atom stereocenters. The van der Waals surface area contributed by atoms with Crippen LogP contribution in [0.2, 0.25) is 0 Å². The number of piperidine rings is 1. The van der Waals surface area contributed by atoms with Gasteiger partial charge in [-0.1, -0.05) is 24.3 Å². The lowest BCUT2D eigenvalue weighted by Crippen LogP contribution is -2.39. The Morgan fingerprint density at radius 3 is 2.94 bits per heavy atom. The summed E-state index contributed by atoms with van der Waals surface area (Å²) in [6, 6.07) is 7.91. The third-order valence-electron chi connectivity index (χ3n) is 3.49. The molecular formula is C14H20FNO. The van der Waals surface area contributed by atoms with Gasteiger partial charge in [-0.2, -0.15) is 0 Å². The van der Waals surface area contributed by atoms with Gasteiger partial charge >= 0.3 is 0 Å². The number of hydrogen-bond donors (Lipinski definition) is 2. The summed E-state index contributed by atoms with van der Waals surface area (Å²) in [5.41, 5.74) is 2.04. The van der Waals surface area contributed by atoms with Gasteiger partial charge in [-0.25, -0.2) is 4.39 Å². The molecule has 2 rings (SSSR count). The van der Waals surface area contributed by atoms with Crippen molar-refractivity contribution >= 4 is 0 Å². The molecule has 1 aliphatic rings. The molecule has 0 saturated carbocycles. The molecule has 94 valence electrons. The third-order valence-corrected chi connectivity index (χ3v) is 3.49. The van der Waals surface area contributed by atoms with Crippen molar-refractivity contribution in [2.75, 3.05) is 6.54 Å². The van der Waals surface area contributed by atoms with Gasteiger partial charge in [-0.15, -0.1) is 0 Å². The zero-order valence-electron chi connectivity index (χ0n) is 10.2. The van der Waals surface area contributed by atoms with E-state index < -0.39 is 12.3 Å². The molecule has 1 saturated heterocycles. The first-order chi connectivity index (χ1) is 8.16. The highest BCUT2D eigenvalue weighted by Gasteiger charge is 2.24. The van der Waals surface area contributed by atoms with Crippen LogP contribution < -0.4 is 5.32 Å². The van der Waals surface area contributed by atoms with E-state index >= 15 is 0 Å². The minimum absolute atomic E-state index is 0.0911. The fourth-order valence-electron chi connectivity index (χ4n) is 2.49. The van der Waals surface area contributed by atoms with Crippen molar-refractivity contribution in [1.29, 1.82) is 0 Å². The number of aliphatic hydroxyl groups excluding tert-OH is 1. The second-order valence-electron chi connectivity index (χ2n) is 4.88. The van der Waals surface area contributed by atoms with Crippen LogP contribution >= 0.6 is 0 Å². The SMILES string of the molecule is Cc1ccccc1[C@H](O)C[C@H]1C[C@@H](F)CCN1. The highest BCUT2D eigenvalue weighted by molar-refractivity contribution is 5.27. The predicted octanol–water partition coefficient (Wildman–Crippen LogP) is 2.51. The van der Waals surface area contributed by atoms with Gasteiger partial charge in [0.2, 0.25) is 0 Å². The molecular weight excluding hydrogens is 217 g/mol. The van der Waals surface area contributed by atoms with Gasteiger partial charge in [-0.05, 0) is 43.9 Å². The molecule has 1 aromatic rings. The van der Waals surface area contributed by atoms with E-state index in [1.165, 1.54) is 0 Å². The van der Waals surface area contributed by atoms with Gasteiger partial charge in [-0.3, -0.25) is 0 Å². The lowest BCUT2D eigenvalue weighted by Gasteiger charge is -2.28. The Morgan fingerprint density at radius 2 is 2.24 bits per heavy atom. The number of benzene rings is 1. The Labute approximate surface area is 102 Å². The average molecular weight is 237 g/mol. The third kappa shape index (κ3) is 3.27. The van der Waals surface area contributed by atoms with Crippen LogP contribution in [0.25, 0.3) is 0 Å². The second kappa shape index (κ2) is 5.61. The maximum atomic E-state index is 13.2. The number of hydrogen-bond acceptors (Lipinski definition) is 2. The summed E-state index contributed by atoms with van der Waals surface area (Å²) in [6.07, 6.45) is 0.481. The van der Waals surface area contributed by atoms with Crippen molar-refractivity contribution in [2.45, 2.75) is 44.5 Å². The molecule has 17 heavy (non-hydrogen) atoms. The van der Waals surface area contributed by atoms with Crippen molar-refractivity contribution in [3.05, 3.63) is 35.4 Å². The lowest BCUT2D eigenvalue weighted by atomic mass is 9.93. The van der Waals surface area contributed by atoms with Crippen LogP contribution in [0.3, 0.4) is 0 Å². The zero-order chi connectivity index (χ0) is 12.3. The standard InChI is InChI=1S/C14H20FNO/c1-10-4-2-3-5-13(10)14(17)9-12-8-11(15)6-7-16-12/h2-5,11-12,14,16-17H,6-9H2,1H3/t11-,12+,14+/m0/s1. The van der Waals surface area contributed by atoms with E-state index in [0.29, 0.717) is 25.8 Å².